The summed E-state index contributed by atoms with van der Waals surface area (Å²) < 4.78 is 21.6. The third kappa shape index (κ3) is 12.6. The summed E-state index contributed by atoms with van der Waals surface area (Å²) in [5, 5.41) is 7.20. The van der Waals surface area contributed by atoms with Gasteiger partial charge in [-0.3, -0.25) is 0 Å². The molecule has 16 aromatic carbocycles. The summed E-state index contributed by atoms with van der Waals surface area (Å²) in [6.07, 6.45) is 28.9. The number of fused-ring (bicyclic) bond motifs is 32. The van der Waals surface area contributed by atoms with Crippen molar-refractivity contribution in [1.29, 1.82) is 0 Å². The Hall–Kier alpha value is -13.3. The van der Waals surface area contributed by atoms with Gasteiger partial charge in [0.2, 0.25) is 0 Å². The quantitative estimate of drug-likeness (QED) is 0.0406. The van der Waals surface area contributed by atoms with E-state index in [4.69, 9.17) is 13.3 Å². The number of unbranched alkanes of at least 4 members (excludes halogenated alkanes) is 16. The van der Waals surface area contributed by atoms with Crippen molar-refractivity contribution in [2.45, 2.75) is 242 Å². The fourth-order valence-corrected chi connectivity index (χ4v) is 28.3. The molecule has 0 bridgehead atoms. The molecule has 6 aliphatic carbocycles. The maximum Gasteiger partial charge on any atom is 0.144 e. The summed E-state index contributed by atoms with van der Waals surface area (Å²) >= 11 is 0. The highest BCUT2D eigenvalue weighted by Crippen LogP contribution is 2.71. The minimum atomic E-state index is -0.844. The van der Waals surface area contributed by atoms with E-state index >= 15 is 0 Å². The number of rotatable bonds is 31. The topological polar surface area (TPSA) is 42.7 Å². The summed E-state index contributed by atoms with van der Waals surface area (Å²) in [4.78, 5) is 2.76. The lowest BCUT2D eigenvalue weighted by atomic mass is 9.62. The monoisotopic (exact) mass is 1800 g/mol. The Kier molecular flexibility index (Phi) is 21.2. The number of hydrogen-bond acceptors (Lipinski definition) is 4. The molecule has 138 heavy (non-hydrogen) atoms. The highest BCUT2D eigenvalue weighted by molar-refractivity contribution is 6.22. The van der Waals surface area contributed by atoms with Gasteiger partial charge in [0.1, 0.15) is 33.5 Å². The largest absolute Gasteiger partial charge is 0.456 e. The lowest BCUT2D eigenvalue weighted by Gasteiger charge is -2.40. The van der Waals surface area contributed by atoms with Crippen LogP contribution in [-0.4, -0.2) is 0 Å². The zero-order valence-electron chi connectivity index (χ0n) is 81.7. The van der Waals surface area contributed by atoms with Crippen LogP contribution in [0.2, 0.25) is 0 Å². The van der Waals surface area contributed by atoms with Crippen molar-refractivity contribution in [1.82, 2.24) is 0 Å². The van der Waals surface area contributed by atoms with Crippen LogP contribution in [0.5, 0.6) is 0 Å². The fraction of sp³-hybridized carbons (Fsp3) is 0.284. The number of nitrogens with zero attached hydrogens (tertiary/aromatic N) is 1. The van der Waals surface area contributed by atoms with Crippen molar-refractivity contribution in [3.63, 3.8) is 0 Å². The Bertz CT molecular complexity index is 7910. The van der Waals surface area contributed by atoms with Crippen LogP contribution in [0.15, 0.2) is 335 Å². The minimum absolute atomic E-state index is 0.234. The fourth-order valence-electron chi connectivity index (χ4n) is 28.3. The van der Waals surface area contributed by atoms with Crippen LogP contribution in [0.1, 0.15) is 299 Å². The van der Waals surface area contributed by atoms with E-state index in [1.54, 1.807) is 16.7 Å². The van der Waals surface area contributed by atoms with Crippen LogP contribution in [0, 0.1) is 0 Å². The summed E-state index contributed by atoms with van der Waals surface area (Å²) in [5.41, 5.74) is 43.8. The maximum absolute atomic E-state index is 7.79. The van der Waals surface area contributed by atoms with Gasteiger partial charge in [-0.2, -0.15) is 0 Å². The summed E-state index contributed by atoms with van der Waals surface area (Å²) in [5.74, 6) is 0. The zero-order valence-corrected chi connectivity index (χ0v) is 81.7. The van der Waals surface area contributed by atoms with Gasteiger partial charge in [-0.25, -0.2) is 0 Å². The van der Waals surface area contributed by atoms with E-state index < -0.39 is 16.2 Å². The molecule has 19 aromatic rings. The number of hydrogen-bond donors (Lipinski definition) is 0. The Morgan fingerprint density at radius 1 is 0.217 bits per heavy atom. The van der Waals surface area contributed by atoms with Crippen LogP contribution < -0.4 is 4.90 Å². The molecule has 0 radical (unpaired) electrons. The Morgan fingerprint density at radius 3 is 1.07 bits per heavy atom. The first-order valence-corrected chi connectivity index (χ1v) is 52.7. The van der Waals surface area contributed by atoms with E-state index in [9.17, 15) is 0 Å². The number of anilines is 3. The van der Waals surface area contributed by atoms with E-state index in [2.05, 4.69) is 382 Å². The third-order valence-electron chi connectivity index (χ3n) is 34.5. The van der Waals surface area contributed by atoms with E-state index in [0.29, 0.717) is 0 Å². The predicted octanol–water partition coefficient (Wildman–Crippen LogP) is 38.2. The lowest BCUT2D eigenvalue weighted by molar-refractivity contribution is 0.369. The molecule has 0 amide bonds. The highest BCUT2D eigenvalue weighted by atomic mass is 16.3. The van der Waals surface area contributed by atoms with Gasteiger partial charge in [0, 0.05) is 76.6 Å². The second-order valence-corrected chi connectivity index (χ2v) is 42.7. The smallest absolute Gasteiger partial charge is 0.144 e. The molecule has 0 saturated carbocycles. The standard InChI is InChI=1S/C134H125NO3/c1-9-13-17-21-45-75-131(76-46-22-18-14-10-2)104-61-41-37-57-95(104)125-127(131)126-123(124-99-60-40-44-64-116(99)138-128(124)125)96-70-67-91(80-110(96)132(126,77-47-23-19-15-11-3)78-48-24-20-16-12-4)135(90-65-68-93-100-82-109-102(84-108(100)130(7,8)107(93)79-90)119-105(129(109,5)6)71-73-117-121(119)97-58-38-42-62-114(97)136-117)92-66-69-94-101-83-113-103(85-112(101)134(111(94)81-92,88-53-33-27-34-54-88)89-55-35-28-36-56-89)120-106(72-74-118-122(120)98-59-39-43-63-115(98)137-118)133(113,86-49-29-25-30-50-86)87-51-31-26-32-52-87/h25-44,49-74,79-85H,9-24,45-48,75-78H2,1-8H3. The van der Waals surface area contributed by atoms with Crippen molar-refractivity contribution < 1.29 is 13.3 Å². The van der Waals surface area contributed by atoms with Gasteiger partial charge in [0.25, 0.3) is 0 Å². The highest BCUT2D eigenvalue weighted by Gasteiger charge is 2.57. The second-order valence-electron chi connectivity index (χ2n) is 42.7. The van der Waals surface area contributed by atoms with Crippen molar-refractivity contribution in [2.24, 2.45) is 0 Å². The lowest BCUT2D eigenvalue weighted by Crippen LogP contribution is -2.33. The molecule has 0 atom stereocenters. The molecule has 0 fully saturated rings. The SMILES string of the molecule is CCCCCCCC1(CCCCCCC)c2ccccc2-c2c1c1c(c3c2oc2ccccc23)-c2ccc(N(c3ccc4c(c3)C(C)(C)c3cc5c(cc3-4)C(C)(C)c3ccc4oc6ccccc6c4c3-5)c3ccc4c(c3)C(c3ccccc3)(c3ccccc3)c3cc5c(cc3-4)C(c3ccccc3)(c3ccccc3)c3ccc4oc6ccccc6c4c3-5)cc2C1(CCCCCCC)CCCCCCC. The average Bonchev–Trinajstić information content (AvgIpc) is 1.49. The van der Waals surface area contributed by atoms with Crippen molar-refractivity contribution in [3.8, 4) is 66.8 Å². The molecule has 0 unspecified atom stereocenters. The van der Waals surface area contributed by atoms with Gasteiger partial charge < -0.3 is 18.2 Å². The molecule has 6 aliphatic rings. The molecular formula is C134H125NO3. The van der Waals surface area contributed by atoms with Crippen LogP contribution in [0.25, 0.3) is 133 Å². The molecular weight excluding hydrogens is 1670 g/mol. The van der Waals surface area contributed by atoms with E-state index in [1.807, 2.05) is 0 Å². The van der Waals surface area contributed by atoms with Gasteiger partial charge in [0.15, 0.2) is 0 Å². The molecule has 4 nitrogen and oxygen atoms in total. The van der Waals surface area contributed by atoms with Gasteiger partial charge in [-0.05, 0) is 267 Å². The Morgan fingerprint density at radius 2 is 0.551 bits per heavy atom. The molecule has 0 N–H and O–H groups in total. The summed E-state index contributed by atoms with van der Waals surface area (Å²) in [7, 11) is 0. The van der Waals surface area contributed by atoms with E-state index in [0.717, 1.165) is 94.2 Å². The van der Waals surface area contributed by atoms with E-state index in [-0.39, 0.29) is 16.2 Å². The zero-order chi connectivity index (χ0) is 93.0. The van der Waals surface area contributed by atoms with Crippen LogP contribution in [0.4, 0.5) is 17.1 Å². The molecule has 0 spiro atoms. The van der Waals surface area contributed by atoms with E-state index in [1.165, 1.54) is 282 Å². The molecule has 4 heteroatoms. The minimum Gasteiger partial charge on any atom is -0.456 e. The first kappa shape index (κ1) is 86.3. The van der Waals surface area contributed by atoms with Crippen LogP contribution in [-0.2, 0) is 32.5 Å². The predicted molar refractivity (Wildman–Crippen MR) is 579 cm³/mol. The van der Waals surface area contributed by atoms with Crippen molar-refractivity contribution >= 4 is 82.9 Å². The average molecular weight is 1800 g/mol. The Balaban J connectivity index is 0.768. The molecule has 0 saturated heterocycles. The van der Waals surface area contributed by atoms with Gasteiger partial charge in [0.05, 0.1) is 10.8 Å². The first-order chi connectivity index (χ1) is 67.8. The van der Waals surface area contributed by atoms with Crippen molar-refractivity contribution in [2.75, 3.05) is 4.90 Å². The van der Waals surface area contributed by atoms with Gasteiger partial charge >= 0.3 is 0 Å². The number of benzene rings is 16. The van der Waals surface area contributed by atoms with Gasteiger partial charge in [-0.1, -0.05) is 414 Å². The van der Waals surface area contributed by atoms with Gasteiger partial charge in [-0.15, -0.1) is 0 Å². The number of para-hydroxylation sites is 3. The van der Waals surface area contributed by atoms with Crippen molar-refractivity contribution in [3.05, 3.63) is 411 Å². The molecule has 3 heterocycles. The Labute approximate surface area is 814 Å². The molecule has 0 aliphatic heterocycles. The molecule has 25 rings (SSSR count). The maximum atomic E-state index is 7.79. The normalized spacial score (nSPS) is 15.4. The molecule has 684 valence electrons. The van der Waals surface area contributed by atoms with Crippen LogP contribution in [0.3, 0.4) is 0 Å². The third-order valence-corrected chi connectivity index (χ3v) is 34.5. The number of furan rings is 3. The summed E-state index contributed by atoms with van der Waals surface area (Å²) in [6.45, 7) is 19.5. The van der Waals surface area contributed by atoms with Crippen LogP contribution >= 0.6 is 0 Å². The second kappa shape index (κ2) is 33.8. The summed E-state index contributed by atoms with van der Waals surface area (Å²) in [6, 6.07) is 126. The first-order valence-electron chi connectivity index (χ1n) is 52.7. The molecule has 3 aromatic heterocycles.